The lowest BCUT2D eigenvalue weighted by Gasteiger charge is -2.44. The number of ether oxygens (including phenoxy) is 1. The van der Waals surface area contributed by atoms with Gasteiger partial charge in [0.15, 0.2) is 5.69 Å². The Labute approximate surface area is 181 Å². The van der Waals surface area contributed by atoms with E-state index in [1.165, 1.54) is 18.3 Å². The number of imidazole rings is 1. The van der Waals surface area contributed by atoms with Crippen LogP contribution in [0.4, 0.5) is 5.69 Å². The van der Waals surface area contributed by atoms with Gasteiger partial charge in [0.2, 0.25) is 5.91 Å². The molecule has 164 valence electrons. The molecule has 2 aliphatic rings. The third-order valence-corrected chi connectivity index (χ3v) is 6.52. The number of hydrogen-bond acceptors (Lipinski definition) is 5. The molecule has 8 nitrogen and oxygen atoms in total. The summed E-state index contributed by atoms with van der Waals surface area (Å²) in [4.78, 5) is 45.1. The standard InChI is InChI=1S/C23H28N4O4/c1-14-9-10-17(11-15(14)2)27-20(28)19-18(21(29)31-4)24-13-26(19)12-23(27,3)22(30)25-16-7-5-6-8-16/h9-11,13,16H,5-8,12H2,1-4H3,(H,25,30). The number of aryl methyl sites for hydroxylation is 2. The van der Waals surface area contributed by atoms with E-state index in [2.05, 4.69) is 10.3 Å². The van der Waals surface area contributed by atoms with Crippen molar-refractivity contribution in [1.29, 1.82) is 0 Å². The number of nitrogens with one attached hydrogen (secondary N) is 1. The molecule has 1 aliphatic heterocycles. The zero-order valence-corrected chi connectivity index (χ0v) is 18.4. The van der Waals surface area contributed by atoms with E-state index in [1.807, 2.05) is 32.0 Å². The van der Waals surface area contributed by atoms with Crippen molar-refractivity contribution in [3.63, 3.8) is 0 Å². The maximum atomic E-state index is 13.8. The zero-order valence-electron chi connectivity index (χ0n) is 18.4. The Kier molecular flexibility index (Phi) is 5.33. The van der Waals surface area contributed by atoms with Crippen LogP contribution in [0, 0.1) is 13.8 Å². The van der Waals surface area contributed by atoms with Crippen LogP contribution in [-0.4, -0.2) is 46.0 Å². The van der Waals surface area contributed by atoms with Crippen molar-refractivity contribution >= 4 is 23.5 Å². The number of carbonyl (C=O) groups excluding carboxylic acids is 3. The van der Waals surface area contributed by atoms with Crippen molar-refractivity contribution in [1.82, 2.24) is 14.9 Å². The molecule has 1 fully saturated rings. The van der Waals surface area contributed by atoms with E-state index in [0.29, 0.717) is 5.69 Å². The molecule has 1 aromatic carbocycles. The van der Waals surface area contributed by atoms with E-state index in [9.17, 15) is 14.4 Å². The molecule has 1 saturated carbocycles. The molecular weight excluding hydrogens is 396 g/mol. The van der Waals surface area contributed by atoms with Crippen molar-refractivity contribution in [2.45, 2.75) is 64.6 Å². The number of esters is 1. The van der Waals surface area contributed by atoms with Gasteiger partial charge in [-0.1, -0.05) is 18.9 Å². The summed E-state index contributed by atoms with van der Waals surface area (Å²) in [5, 5.41) is 3.15. The van der Waals surface area contributed by atoms with E-state index in [4.69, 9.17) is 4.74 Å². The van der Waals surface area contributed by atoms with Crippen LogP contribution in [0.2, 0.25) is 0 Å². The number of anilines is 1. The highest BCUT2D eigenvalue weighted by Gasteiger charge is 2.50. The number of methoxy groups -OCH3 is 1. The van der Waals surface area contributed by atoms with Gasteiger partial charge in [0.05, 0.1) is 20.0 Å². The van der Waals surface area contributed by atoms with Gasteiger partial charge < -0.3 is 14.6 Å². The fourth-order valence-corrected chi connectivity index (χ4v) is 4.56. The maximum Gasteiger partial charge on any atom is 0.359 e. The summed E-state index contributed by atoms with van der Waals surface area (Å²) in [7, 11) is 1.25. The van der Waals surface area contributed by atoms with Crippen LogP contribution in [0.1, 0.15) is 64.7 Å². The Morgan fingerprint density at radius 1 is 1.19 bits per heavy atom. The zero-order chi connectivity index (χ0) is 22.3. The second-order valence-electron chi connectivity index (χ2n) is 8.70. The SMILES string of the molecule is COC(=O)c1ncn2c1C(=O)N(c1ccc(C)c(C)c1)C(C)(C(=O)NC1CCCC1)C2. The first-order valence-electron chi connectivity index (χ1n) is 10.6. The van der Waals surface area contributed by atoms with E-state index >= 15 is 0 Å². The van der Waals surface area contributed by atoms with Crippen LogP contribution in [0.3, 0.4) is 0 Å². The predicted octanol–water partition coefficient (Wildman–Crippen LogP) is 2.76. The van der Waals surface area contributed by atoms with Crippen LogP contribution in [0.5, 0.6) is 0 Å². The van der Waals surface area contributed by atoms with Gasteiger partial charge in [-0.2, -0.15) is 0 Å². The van der Waals surface area contributed by atoms with Crippen LogP contribution in [0.15, 0.2) is 24.5 Å². The van der Waals surface area contributed by atoms with Crippen molar-refractivity contribution in [3.05, 3.63) is 47.0 Å². The van der Waals surface area contributed by atoms with E-state index in [1.54, 1.807) is 11.5 Å². The minimum absolute atomic E-state index is 0.0421. The number of benzene rings is 1. The van der Waals surface area contributed by atoms with Gasteiger partial charge in [0.25, 0.3) is 5.91 Å². The Bertz CT molecular complexity index is 1050. The molecule has 0 spiro atoms. The Morgan fingerprint density at radius 3 is 2.55 bits per heavy atom. The molecule has 0 bridgehead atoms. The molecule has 2 amide bonds. The van der Waals surface area contributed by atoms with Crippen molar-refractivity contribution in [2.75, 3.05) is 12.0 Å². The minimum Gasteiger partial charge on any atom is -0.464 e. The van der Waals surface area contributed by atoms with Crippen molar-refractivity contribution < 1.29 is 19.1 Å². The molecule has 2 aromatic rings. The van der Waals surface area contributed by atoms with Gasteiger partial charge in [-0.05, 0) is 56.9 Å². The van der Waals surface area contributed by atoms with Gasteiger partial charge in [-0.25, -0.2) is 9.78 Å². The fourth-order valence-electron chi connectivity index (χ4n) is 4.56. The number of rotatable bonds is 4. The second kappa shape index (κ2) is 7.83. The van der Waals surface area contributed by atoms with Crippen LogP contribution in [-0.2, 0) is 16.1 Å². The summed E-state index contributed by atoms with van der Waals surface area (Å²) in [5.74, 6) is -1.33. The van der Waals surface area contributed by atoms with Gasteiger partial charge >= 0.3 is 5.97 Å². The number of amides is 2. The highest BCUT2D eigenvalue weighted by Crippen LogP contribution is 2.35. The molecule has 0 saturated heterocycles. The summed E-state index contributed by atoms with van der Waals surface area (Å²) in [6.07, 6.45) is 5.51. The largest absolute Gasteiger partial charge is 0.464 e. The van der Waals surface area contributed by atoms with E-state index in [-0.39, 0.29) is 29.9 Å². The number of carbonyl (C=O) groups is 3. The summed E-state index contributed by atoms with van der Waals surface area (Å²) in [6.45, 7) is 5.91. The number of hydrogen-bond donors (Lipinski definition) is 1. The van der Waals surface area contributed by atoms with Gasteiger partial charge in [-0.3, -0.25) is 14.5 Å². The average molecular weight is 425 g/mol. The quantitative estimate of drug-likeness (QED) is 0.762. The van der Waals surface area contributed by atoms with Crippen molar-refractivity contribution in [2.24, 2.45) is 0 Å². The number of fused-ring (bicyclic) bond motifs is 1. The molecule has 1 N–H and O–H groups in total. The maximum absolute atomic E-state index is 13.8. The highest BCUT2D eigenvalue weighted by atomic mass is 16.5. The third-order valence-electron chi connectivity index (χ3n) is 6.52. The summed E-state index contributed by atoms with van der Waals surface area (Å²) >= 11 is 0. The Hall–Kier alpha value is -3.16. The van der Waals surface area contributed by atoms with Gasteiger partial charge in [-0.15, -0.1) is 0 Å². The minimum atomic E-state index is -1.18. The average Bonchev–Trinajstić information content (AvgIpc) is 3.39. The first-order valence-corrected chi connectivity index (χ1v) is 10.6. The first kappa shape index (κ1) is 21.1. The molecular formula is C23H28N4O4. The van der Waals surface area contributed by atoms with E-state index in [0.717, 1.165) is 36.8 Å². The Morgan fingerprint density at radius 2 is 1.90 bits per heavy atom. The number of nitrogens with zero attached hydrogens (tertiary/aromatic N) is 3. The molecule has 4 rings (SSSR count). The number of aromatic nitrogens is 2. The van der Waals surface area contributed by atoms with Crippen LogP contribution in [0.25, 0.3) is 0 Å². The molecule has 2 heterocycles. The molecule has 1 aliphatic carbocycles. The molecule has 1 atom stereocenters. The first-order chi connectivity index (χ1) is 14.8. The van der Waals surface area contributed by atoms with E-state index < -0.39 is 17.4 Å². The van der Waals surface area contributed by atoms with Gasteiger partial charge in [0.1, 0.15) is 11.2 Å². The molecule has 0 radical (unpaired) electrons. The summed E-state index contributed by atoms with van der Waals surface area (Å²) < 4.78 is 6.39. The van der Waals surface area contributed by atoms with Crippen LogP contribution < -0.4 is 10.2 Å². The second-order valence-corrected chi connectivity index (χ2v) is 8.70. The third kappa shape index (κ3) is 3.49. The Balaban J connectivity index is 1.82. The molecule has 8 heteroatoms. The lowest BCUT2D eigenvalue weighted by atomic mass is 9.92. The van der Waals surface area contributed by atoms with Gasteiger partial charge in [0, 0.05) is 11.7 Å². The predicted molar refractivity (Wildman–Crippen MR) is 115 cm³/mol. The smallest absolute Gasteiger partial charge is 0.359 e. The topological polar surface area (TPSA) is 93.5 Å². The molecule has 1 aromatic heterocycles. The molecule has 1 unspecified atom stereocenters. The summed E-state index contributed by atoms with van der Waals surface area (Å²) in [6, 6.07) is 5.79. The molecule has 31 heavy (non-hydrogen) atoms. The monoisotopic (exact) mass is 424 g/mol. The lowest BCUT2D eigenvalue weighted by Crippen LogP contribution is -2.65. The highest BCUT2D eigenvalue weighted by molar-refractivity contribution is 6.15. The normalized spacial score (nSPS) is 21.2. The van der Waals surface area contributed by atoms with Crippen molar-refractivity contribution in [3.8, 4) is 0 Å². The lowest BCUT2D eigenvalue weighted by molar-refractivity contribution is -0.127. The van der Waals surface area contributed by atoms with Crippen LogP contribution >= 0.6 is 0 Å². The fraction of sp³-hybridized carbons (Fsp3) is 0.478. The summed E-state index contributed by atoms with van der Waals surface area (Å²) in [5.41, 5.74) is 1.63.